The average Bonchev–Trinajstić information content (AvgIpc) is 2.53. The summed E-state index contributed by atoms with van der Waals surface area (Å²) in [6, 6.07) is 0. The Morgan fingerprint density at radius 2 is 1.46 bits per heavy atom. The molecule has 0 heterocycles. The number of hydrogen-bond acceptors (Lipinski definition) is 3. The molecule has 0 aromatic carbocycles. The van der Waals surface area contributed by atoms with Crippen LogP contribution < -0.4 is 0 Å². The number of Topliss-reactive ketones (excluding diaryl/α,β-unsaturated/α-hetero) is 1. The van der Waals surface area contributed by atoms with Gasteiger partial charge in [-0.1, -0.05) is 56.2 Å². The molecule has 0 aromatic rings. The molecule has 0 spiro atoms. The van der Waals surface area contributed by atoms with Crippen LogP contribution in [-0.4, -0.2) is 17.9 Å². The number of carbonyl (C=O) groups excluding carboxylic acids is 2. The summed E-state index contributed by atoms with van der Waals surface area (Å²) < 4.78 is 5.01. The third-order valence-corrected chi connectivity index (χ3v) is 3.38. The maximum absolute atomic E-state index is 11.7. The molecule has 0 amide bonds. The lowest BCUT2D eigenvalue weighted by molar-refractivity contribution is -0.148. The second-order valence-corrected chi connectivity index (χ2v) is 6.21. The molecule has 0 fully saturated rings. The van der Waals surface area contributed by atoms with E-state index in [9.17, 15) is 9.59 Å². The van der Waals surface area contributed by atoms with Crippen molar-refractivity contribution in [2.24, 2.45) is 0 Å². The highest BCUT2D eigenvalue weighted by atomic mass is 16.5. The highest BCUT2D eigenvalue weighted by molar-refractivity contribution is 5.82. The van der Waals surface area contributed by atoms with Gasteiger partial charge in [0.25, 0.3) is 0 Å². The molecule has 24 heavy (non-hydrogen) atoms. The molecule has 0 N–H and O–H groups in total. The number of ether oxygens (including phenoxy) is 1. The van der Waals surface area contributed by atoms with Gasteiger partial charge in [0, 0.05) is 12.8 Å². The molecule has 0 saturated carbocycles. The standard InChI is InChI=1S/C21H34O3/c1-4-5-6-7-8-9-10-11-12-13-14-15-16-20(22)17-18-21(23)24-19(2)3/h7-12,19H,4-6,13-18H2,1-3H3. The molecule has 0 aliphatic heterocycles. The number of ketones is 1. The number of esters is 1. The Morgan fingerprint density at radius 3 is 2.04 bits per heavy atom. The van der Waals surface area contributed by atoms with Crippen molar-refractivity contribution in [3.05, 3.63) is 36.5 Å². The molecule has 0 aliphatic carbocycles. The van der Waals surface area contributed by atoms with Crippen molar-refractivity contribution in [3.8, 4) is 0 Å². The number of allylic oxidation sites excluding steroid dienone is 6. The average molecular weight is 334 g/mol. The van der Waals surface area contributed by atoms with Crippen LogP contribution in [0.15, 0.2) is 36.5 Å². The fourth-order valence-corrected chi connectivity index (χ4v) is 2.07. The van der Waals surface area contributed by atoms with Gasteiger partial charge in [0.15, 0.2) is 0 Å². The molecular weight excluding hydrogens is 300 g/mol. The van der Waals surface area contributed by atoms with Crippen LogP contribution in [0.4, 0.5) is 0 Å². The van der Waals surface area contributed by atoms with Crippen LogP contribution in [-0.2, 0) is 14.3 Å². The van der Waals surface area contributed by atoms with Gasteiger partial charge in [-0.15, -0.1) is 0 Å². The van der Waals surface area contributed by atoms with E-state index in [1.807, 2.05) is 32.1 Å². The lowest BCUT2D eigenvalue weighted by Gasteiger charge is -2.07. The monoisotopic (exact) mass is 334 g/mol. The lowest BCUT2D eigenvalue weighted by atomic mass is 10.1. The third-order valence-electron chi connectivity index (χ3n) is 3.38. The minimum absolute atomic E-state index is 0.111. The third kappa shape index (κ3) is 16.7. The zero-order chi connectivity index (χ0) is 18.0. The maximum Gasteiger partial charge on any atom is 0.306 e. The summed E-state index contributed by atoms with van der Waals surface area (Å²) in [4.78, 5) is 23.0. The zero-order valence-corrected chi connectivity index (χ0v) is 15.6. The van der Waals surface area contributed by atoms with Gasteiger partial charge in [0.1, 0.15) is 5.78 Å². The van der Waals surface area contributed by atoms with Crippen molar-refractivity contribution in [1.29, 1.82) is 0 Å². The molecular formula is C21H34O3. The van der Waals surface area contributed by atoms with E-state index in [0.717, 1.165) is 25.7 Å². The molecule has 0 saturated heterocycles. The van der Waals surface area contributed by atoms with E-state index in [4.69, 9.17) is 4.74 Å². The molecule has 0 atom stereocenters. The Kier molecular flexibility index (Phi) is 15.1. The summed E-state index contributed by atoms with van der Waals surface area (Å²) >= 11 is 0. The predicted octanol–water partition coefficient (Wildman–Crippen LogP) is 5.71. The van der Waals surface area contributed by atoms with Gasteiger partial charge >= 0.3 is 5.97 Å². The number of unbranched alkanes of at least 4 members (excludes halogenated alkanes) is 4. The van der Waals surface area contributed by atoms with Crippen molar-refractivity contribution >= 4 is 11.8 Å². The Hall–Kier alpha value is -1.64. The van der Waals surface area contributed by atoms with Crippen LogP contribution in [0, 0.1) is 0 Å². The van der Waals surface area contributed by atoms with E-state index in [1.165, 1.54) is 12.8 Å². The summed E-state index contributed by atoms with van der Waals surface area (Å²) in [5.74, 6) is -0.131. The Morgan fingerprint density at radius 1 is 0.833 bits per heavy atom. The smallest absolute Gasteiger partial charge is 0.306 e. The van der Waals surface area contributed by atoms with Gasteiger partial charge in [-0.2, -0.15) is 0 Å². The first kappa shape index (κ1) is 22.4. The summed E-state index contributed by atoms with van der Waals surface area (Å²) in [5, 5.41) is 0. The quantitative estimate of drug-likeness (QED) is 0.232. The fourth-order valence-electron chi connectivity index (χ4n) is 2.07. The number of rotatable bonds is 14. The van der Waals surface area contributed by atoms with Crippen molar-refractivity contribution in [3.63, 3.8) is 0 Å². The highest BCUT2D eigenvalue weighted by Crippen LogP contribution is 2.06. The largest absolute Gasteiger partial charge is 0.463 e. The van der Waals surface area contributed by atoms with Crippen LogP contribution in [0.2, 0.25) is 0 Å². The summed E-state index contributed by atoms with van der Waals surface area (Å²) in [6.45, 7) is 5.82. The summed E-state index contributed by atoms with van der Waals surface area (Å²) in [5.41, 5.74) is 0. The van der Waals surface area contributed by atoms with Gasteiger partial charge in [-0.05, 0) is 39.5 Å². The molecule has 0 unspecified atom stereocenters. The fraction of sp³-hybridized carbons (Fsp3) is 0.619. The van der Waals surface area contributed by atoms with E-state index in [2.05, 4.69) is 25.2 Å². The number of hydrogen-bond donors (Lipinski definition) is 0. The molecule has 0 bridgehead atoms. The van der Waals surface area contributed by atoms with E-state index in [-0.39, 0.29) is 24.3 Å². The summed E-state index contributed by atoms with van der Waals surface area (Å²) in [7, 11) is 0. The number of carbonyl (C=O) groups is 2. The van der Waals surface area contributed by atoms with E-state index in [0.29, 0.717) is 12.8 Å². The van der Waals surface area contributed by atoms with Gasteiger partial charge in [-0.25, -0.2) is 0 Å². The second kappa shape index (κ2) is 16.2. The zero-order valence-electron chi connectivity index (χ0n) is 15.6. The molecule has 136 valence electrons. The van der Waals surface area contributed by atoms with Crippen LogP contribution in [0.3, 0.4) is 0 Å². The van der Waals surface area contributed by atoms with E-state index < -0.39 is 0 Å². The highest BCUT2D eigenvalue weighted by Gasteiger charge is 2.09. The molecule has 0 aromatic heterocycles. The Bertz CT molecular complexity index is 417. The van der Waals surface area contributed by atoms with Crippen molar-refractivity contribution < 1.29 is 14.3 Å². The molecule has 0 radical (unpaired) electrons. The first-order chi connectivity index (χ1) is 11.6. The molecule has 3 nitrogen and oxygen atoms in total. The van der Waals surface area contributed by atoms with Gasteiger partial charge < -0.3 is 4.74 Å². The maximum atomic E-state index is 11.7. The molecule has 0 rings (SSSR count). The summed E-state index contributed by atoms with van der Waals surface area (Å²) in [6.07, 6.45) is 20.0. The molecule has 0 aliphatic rings. The minimum atomic E-state index is -0.281. The van der Waals surface area contributed by atoms with Crippen molar-refractivity contribution in [2.45, 2.75) is 84.7 Å². The Labute approximate surface area is 147 Å². The topological polar surface area (TPSA) is 43.4 Å². The van der Waals surface area contributed by atoms with Gasteiger partial charge in [0.2, 0.25) is 0 Å². The Balaban J connectivity index is 3.56. The predicted molar refractivity (Wildman–Crippen MR) is 101 cm³/mol. The minimum Gasteiger partial charge on any atom is -0.463 e. The first-order valence-electron chi connectivity index (χ1n) is 9.25. The van der Waals surface area contributed by atoms with Crippen molar-refractivity contribution in [1.82, 2.24) is 0 Å². The van der Waals surface area contributed by atoms with E-state index >= 15 is 0 Å². The normalized spacial score (nSPS) is 12.0. The van der Waals surface area contributed by atoms with Gasteiger partial charge in [0.05, 0.1) is 12.5 Å². The van der Waals surface area contributed by atoms with E-state index in [1.54, 1.807) is 0 Å². The van der Waals surface area contributed by atoms with Crippen molar-refractivity contribution in [2.75, 3.05) is 0 Å². The van der Waals surface area contributed by atoms with Crippen LogP contribution >= 0.6 is 0 Å². The molecule has 3 heteroatoms. The second-order valence-electron chi connectivity index (χ2n) is 6.21. The SMILES string of the molecule is CCCCC=CC=CC=CCCCCC(=O)CCC(=O)OC(C)C. The van der Waals surface area contributed by atoms with Crippen LogP contribution in [0.25, 0.3) is 0 Å². The lowest BCUT2D eigenvalue weighted by Crippen LogP contribution is -2.12. The first-order valence-corrected chi connectivity index (χ1v) is 9.25. The van der Waals surface area contributed by atoms with Crippen LogP contribution in [0.1, 0.15) is 78.6 Å². The van der Waals surface area contributed by atoms with Gasteiger partial charge in [-0.3, -0.25) is 9.59 Å². The van der Waals surface area contributed by atoms with Crippen LogP contribution in [0.5, 0.6) is 0 Å².